The summed E-state index contributed by atoms with van der Waals surface area (Å²) in [5, 5.41) is 6.10. The predicted molar refractivity (Wildman–Crippen MR) is 116 cm³/mol. The normalized spacial score (nSPS) is 10.6. The Balaban J connectivity index is 1.46. The highest BCUT2D eigenvalue weighted by molar-refractivity contribution is 5.94. The van der Waals surface area contributed by atoms with Gasteiger partial charge in [0.1, 0.15) is 30.0 Å². The van der Waals surface area contributed by atoms with E-state index in [9.17, 15) is 4.79 Å². The molecule has 3 aromatic rings. The van der Waals surface area contributed by atoms with E-state index in [0.29, 0.717) is 31.1 Å². The number of aromatic nitrogens is 4. The van der Waals surface area contributed by atoms with Crippen LogP contribution in [0.3, 0.4) is 0 Å². The first-order valence-corrected chi connectivity index (χ1v) is 10.2. The van der Waals surface area contributed by atoms with Crippen LogP contribution in [0.25, 0.3) is 5.82 Å². The fraction of sp³-hybridized carbons (Fsp3) is 0.364. The van der Waals surface area contributed by atoms with Gasteiger partial charge >= 0.3 is 0 Å². The summed E-state index contributed by atoms with van der Waals surface area (Å²) in [6.07, 6.45) is 5.37. The van der Waals surface area contributed by atoms with Crippen LogP contribution >= 0.6 is 0 Å². The zero-order valence-electron chi connectivity index (χ0n) is 17.7. The van der Waals surface area contributed by atoms with E-state index in [4.69, 9.17) is 4.74 Å². The number of anilines is 1. The minimum absolute atomic E-state index is 0.121. The average Bonchev–Trinajstić information content (AvgIpc) is 3.10. The first-order valence-electron chi connectivity index (χ1n) is 10.2. The van der Waals surface area contributed by atoms with Crippen molar-refractivity contribution < 1.29 is 9.53 Å². The lowest BCUT2D eigenvalue weighted by atomic mass is 10.2. The lowest BCUT2D eigenvalue weighted by Gasteiger charge is -2.10. The molecule has 0 aliphatic carbocycles. The monoisotopic (exact) mass is 408 g/mol. The number of hydrogen-bond donors (Lipinski definition) is 2. The first-order chi connectivity index (χ1) is 14.6. The molecule has 0 unspecified atom stereocenters. The van der Waals surface area contributed by atoms with Gasteiger partial charge in [-0.1, -0.05) is 13.3 Å². The van der Waals surface area contributed by atoms with Gasteiger partial charge < -0.3 is 15.4 Å². The number of carbonyl (C=O) groups excluding carboxylic acids is 1. The second-order valence-corrected chi connectivity index (χ2v) is 6.96. The fourth-order valence-corrected chi connectivity index (χ4v) is 2.81. The van der Waals surface area contributed by atoms with Gasteiger partial charge in [0.2, 0.25) is 0 Å². The molecule has 0 saturated heterocycles. The molecule has 0 aliphatic heterocycles. The van der Waals surface area contributed by atoms with Crippen LogP contribution in [0.2, 0.25) is 0 Å². The lowest BCUT2D eigenvalue weighted by molar-refractivity contribution is 0.0955. The van der Waals surface area contributed by atoms with Crippen molar-refractivity contribution >= 4 is 11.7 Å². The van der Waals surface area contributed by atoms with Crippen molar-refractivity contribution in [2.45, 2.75) is 33.6 Å². The van der Waals surface area contributed by atoms with E-state index >= 15 is 0 Å². The van der Waals surface area contributed by atoms with E-state index in [-0.39, 0.29) is 5.91 Å². The van der Waals surface area contributed by atoms with Crippen molar-refractivity contribution in [3.63, 3.8) is 0 Å². The van der Waals surface area contributed by atoms with Crippen molar-refractivity contribution in [1.29, 1.82) is 0 Å². The van der Waals surface area contributed by atoms with Crippen LogP contribution in [0.15, 0.2) is 43.0 Å². The molecule has 30 heavy (non-hydrogen) atoms. The van der Waals surface area contributed by atoms with Crippen LogP contribution in [-0.2, 0) is 0 Å². The zero-order valence-corrected chi connectivity index (χ0v) is 17.7. The van der Waals surface area contributed by atoms with Gasteiger partial charge in [-0.05, 0) is 44.5 Å². The minimum atomic E-state index is -0.121. The third-order valence-corrected chi connectivity index (χ3v) is 4.75. The summed E-state index contributed by atoms with van der Waals surface area (Å²) in [7, 11) is 0. The molecule has 2 aromatic heterocycles. The van der Waals surface area contributed by atoms with Crippen molar-refractivity contribution in [2.75, 3.05) is 25.0 Å². The van der Waals surface area contributed by atoms with Gasteiger partial charge in [-0.3, -0.25) is 9.36 Å². The quantitative estimate of drug-likeness (QED) is 0.500. The molecule has 2 heterocycles. The molecule has 0 spiro atoms. The third-order valence-electron chi connectivity index (χ3n) is 4.75. The molecule has 3 rings (SSSR count). The number of benzene rings is 1. The Morgan fingerprint density at radius 2 is 1.90 bits per heavy atom. The number of nitrogens with one attached hydrogen (secondary N) is 2. The van der Waals surface area contributed by atoms with E-state index in [1.165, 1.54) is 6.33 Å². The number of nitrogens with zero attached hydrogens (tertiary/aromatic N) is 4. The number of amides is 1. The van der Waals surface area contributed by atoms with E-state index in [0.717, 1.165) is 35.8 Å². The molecule has 2 N–H and O–H groups in total. The number of rotatable bonds is 10. The molecule has 158 valence electrons. The third kappa shape index (κ3) is 5.56. The maximum Gasteiger partial charge on any atom is 0.251 e. The highest BCUT2D eigenvalue weighted by atomic mass is 16.5. The topological polar surface area (TPSA) is 94.0 Å². The summed E-state index contributed by atoms with van der Waals surface area (Å²) in [5.74, 6) is 2.10. The van der Waals surface area contributed by atoms with Gasteiger partial charge in [0, 0.05) is 30.4 Å². The summed E-state index contributed by atoms with van der Waals surface area (Å²) in [5.41, 5.74) is 2.60. The summed E-state index contributed by atoms with van der Waals surface area (Å²) < 4.78 is 7.54. The molecular weight excluding hydrogens is 380 g/mol. The number of aryl methyl sites for hydroxylation is 1. The second kappa shape index (κ2) is 10.4. The summed E-state index contributed by atoms with van der Waals surface area (Å²) in [6, 6.07) is 9.05. The molecule has 1 amide bonds. The average molecular weight is 409 g/mol. The van der Waals surface area contributed by atoms with Crippen molar-refractivity contribution in [3.05, 3.63) is 59.9 Å². The Labute approximate surface area is 176 Å². The molecule has 0 saturated carbocycles. The minimum Gasteiger partial charge on any atom is -0.494 e. The Bertz CT molecular complexity index is 968. The van der Waals surface area contributed by atoms with Crippen LogP contribution < -0.4 is 15.4 Å². The van der Waals surface area contributed by atoms with Crippen LogP contribution in [0.4, 0.5) is 5.82 Å². The fourth-order valence-electron chi connectivity index (χ4n) is 2.81. The maximum absolute atomic E-state index is 12.3. The largest absolute Gasteiger partial charge is 0.494 e. The van der Waals surface area contributed by atoms with Crippen molar-refractivity contribution in [1.82, 2.24) is 24.8 Å². The van der Waals surface area contributed by atoms with E-state index in [1.54, 1.807) is 18.5 Å². The van der Waals surface area contributed by atoms with Gasteiger partial charge in [-0.25, -0.2) is 15.0 Å². The van der Waals surface area contributed by atoms with E-state index in [1.807, 2.05) is 36.6 Å². The first kappa shape index (κ1) is 21.3. The Kier molecular flexibility index (Phi) is 7.37. The molecule has 0 radical (unpaired) electrons. The highest BCUT2D eigenvalue weighted by Gasteiger charge is 2.08. The highest BCUT2D eigenvalue weighted by Crippen LogP contribution is 2.14. The van der Waals surface area contributed by atoms with E-state index in [2.05, 4.69) is 32.5 Å². The maximum atomic E-state index is 12.3. The standard InChI is InChI=1S/C22H28N6O2/c1-4-5-12-30-19-8-6-18(7-9-19)22(29)24-11-10-23-20-13-21(26-14-25-20)28-15-27-16(2)17(28)3/h6-9,13-15H,4-5,10-12H2,1-3H3,(H,24,29)(H,23,25,26). The number of hydrogen-bond acceptors (Lipinski definition) is 6. The van der Waals surface area contributed by atoms with Gasteiger partial charge in [0.05, 0.1) is 12.3 Å². The van der Waals surface area contributed by atoms with Crippen molar-refractivity contribution in [3.8, 4) is 11.6 Å². The summed E-state index contributed by atoms with van der Waals surface area (Å²) in [6.45, 7) is 7.78. The molecule has 0 bridgehead atoms. The summed E-state index contributed by atoms with van der Waals surface area (Å²) >= 11 is 0. The Hall–Kier alpha value is -3.42. The number of unbranched alkanes of at least 4 members (excludes halogenated alkanes) is 1. The zero-order chi connectivity index (χ0) is 21.3. The molecule has 8 nitrogen and oxygen atoms in total. The van der Waals surface area contributed by atoms with Gasteiger partial charge in [0.15, 0.2) is 0 Å². The number of ether oxygens (including phenoxy) is 1. The van der Waals surface area contributed by atoms with Crippen LogP contribution in [0, 0.1) is 13.8 Å². The predicted octanol–water partition coefficient (Wildman–Crippen LogP) is 3.30. The number of imidazole rings is 1. The van der Waals surface area contributed by atoms with Crippen molar-refractivity contribution in [2.24, 2.45) is 0 Å². The molecule has 8 heteroatoms. The Morgan fingerprint density at radius 3 is 2.60 bits per heavy atom. The molecule has 1 aromatic carbocycles. The van der Waals surface area contributed by atoms with Crippen LogP contribution in [0.1, 0.15) is 41.5 Å². The molecule has 0 aliphatic rings. The smallest absolute Gasteiger partial charge is 0.251 e. The Morgan fingerprint density at radius 1 is 1.10 bits per heavy atom. The van der Waals surface area contributed by atoms with Crippen LogP contribution in [0.5, 0.6) is 5.75 Å². The van der Waals surface area contributed by atoms with E-state index < -0.39 is 0 Å². The SMILES string of the molecule is CCCCOc1ccc(C(=O)NCCNc2cc(-n3cnc(C)c3C)ncn2)cc1. The molecule has 0 fully saturated rings. The lowest BCUT2D eigenvalue weighted by Crippen LogP contribution is -2.28. The second-order valence-electron chi connectivity index (χ2n) is 6.96. The van der Waals surface area contributed by atoms with Crippen LogP contribution in [-0.4, -0.2) is 45.1 Å². The van der Waals surface area contributed by atoms with Gasteiger partial charge in [0.25, 0.3) is 5.91 Å². The van der Waals surface area contributed by atoms with Gasteiger partial charge in [-0.2, -0.15) is 0 Å². The molecular formula is C22H28N6O2. The number of carbonyl (C=O) groups is 1. The molecule has 0 atom stereocenters. The summed E-state index contributed by atoms with van der Waals surface area (Å²) in [4.78, 5) is 25.1. The van der Waals surface area contributed by atoms with Gasteiger partial charge in [-0.15, -0.1) is 0 Å².